The standard InChI is InChI=1S/C46H48N4O5/c1-32-41(29-49-26-24-46(25-27-49)45(53)48-31-50(46)39-13-6-3-7-14-39)54-44(55-42(32)35-18-16-33(30-51)17-19-35)37-22-20-34(21-23-37)40-15-9-8-12-38(40)28-47-43(52)36-10-4-2-5-11-36/h2-23,32,41-42,44,51H,24-31H2,1H3,(H,47,52)(H,48,53)/t32-,41+,42+,44+/m1/s1. The second-order valence-corrected chi connectivity index (χ2v) is 14.9. The molecule has 0 aliphatic carbocycles. The number of nitrogens with one attached hydrogen (secondary N) is 2. The molecule has 5 aromatic rings. The molecule has 5 aromatic carbocycles. The first-order chi connectivity index (χ1) is 26.9. The molecule has 9 heteroatoms. The molecule has 2 amide bonds. The second kappa shape index (κ2) is 16.2. The fourth-order valence-corrected chi connectivity index (χ4v) is 8.36. The Morgan fingerprint density at radius 3 is 2.18 bits per heavy atom. The molecule has 0 bridgehead atoms. The van der Waals surface area contributed by atoms with E-state index in [1.807, 2.05) is 91.0 Å². The summed E-state index contributed by atoms with van der Waals surface area (Å²) in [6, 6.07) is 43.9. The molecule has 0 unspecified atom stereocenters. The summed E-state index contributed by atoms with van der Waals surface area (Å²) >= 11 is 0. The molecule has 8 rings (SSSR count). The third-order valence-electron chi connectivity index (χ3n) is 11.6. The van der Waals surface area contributed by atoms with E-state index in [9.17, 15) is 14.7 Å². The Kier molecular flexibility index (Phi) is 10.8. The number of amides is 2. The van der Waals surface area contributed by atoms with Gasteiger partial charge >= 0.3 is 0 Å². The summed E-state index contributed by atoms with van der Waals surface area (Å²) in [5, 5.41) is 15.9. The molecule has 3 heterocycles. The van der Waals surface area contributed by atoms with Crippen LogP contribution in [-0.4, -0.2) is 59.8 Å². The van der Waals surface area contributed by atoms with Gasteiger partial charge in [0.2, 0.25) is 5.91 Å². The summed E-state index contributed by atoms with van der Waals surface area (Å²) in [4.78, 5) is 30.8. The lowest BCUT2D eigenvalue weighted by Gasteiger charge is -2.46. The number of aliphatic hydroxyl groups is 1. The van der Waals surface area contributed by atoms with Gasteiger partial charge in [0.05, 0.1) is 25.5 Å². The van der Waals surface area contributed by atoms with Crippen LogP contribution in [0.4, 0.5) is 5.69 Å². The number of ether oxygens (including phenoxy) is 2. The van der Waals surface area contributed by atoms with Crippen molar-refractivity contribution >= 4 is 17.5 Å². The van der Waals surface area contributed by atoms with Crippen molar-refractivity contribution in [2.24, 2.45) is 5.92 Å². The third kappa shape index (κ3) is 7.66. The number of rotatable bonds is 10. The van der Waals surface area contributed by atoms with Gasteiger partial charge in [-0.3, -0.25) is 9.59 Å². The number of hydrogen-bond acceptors (Lipinski definition) is 7. The second-order valence-electron chi connectivity index (χ2n) is 14.9. The first kappa shape index (κ1) is 36.6. The number of benzene rings is 5. The Morgan fingerprint density at radius 2 is 1.47 bits per heavy atom. The Morgan fingerprint density at radius 1 is 0.818 bits per heavy atom. The molecule has 3 fully saturated rings. The van der Waals surface area contributed by atoms with Crippen molar-refractivity contribution in [2.45, 2.75) is 57.0 Å². The molecule has 3 aliphatic rings. The molecule has 3 aliphatic heterocycles. The van der Waals surface area contributed by atoms with Crippen molar-refractivity contribution in [1.82, 2.24) is 15.5 Å². The summed E-state index contributed by atoms with van der Waals surface area (Å²) < 4.78 is 13.6. The Balaban J connectivity index is 0.993. The number of hydrogen-bond donors (Lipinski definition) is 3. The average molecular weight is 737 g/mol. The number of anilines is 1. The molecule has 9 nitrogen and oxygen atoms in total. The summed E-state index contributed by atoms with van der Waals surface area (Å²) in [7, 11) is 0. The number of carbonyl (C=O) groups is 2. The zero-order valence-corrected chi connectivity index (χ0v) is 31.1. The predicted octanol–water partition coefficient (Wildman–Crippen LogP) is 7.00. The maximum Gasteiger partial charge on any atom is 0.251 e. The minimum Gasteiger partial charge on any atom is -0.392 e. The van der Waals surface area contributed by atoms with Crippen molar-refractivity contribution in [3.63, 3.8) is 0 Å². The quantitative estimate of drug-likeness (QED) is 0.142. The highest BCUT2D eigenvalue weighted by atomic mass is 16.7. The van der Waals surface area contributed by atoms with Crippen LogP contribution in [0.1, 0.15) is 64.8 Å². The van der Waals surface area contributed by atoms with Crippen molar-refractivity contribution in [2.75, 3.05) is 31.2 Å². The van der Waals surface area contributed by atoms with E-state index >= 15 is 0 Å². The molecular formula is C46H48N4O5. The Labute approximate surface area is 322 Å². The SMILES string of the molecule is C[C@@H]1[C@H](CN2CCC3(CC2)C(=O)NCN3c2ccccc2)O[C@H](c2ccc(-c3ccccc3CNC(=O)c3ccccc3)cc2)O[C@@H]1c1ccc(CO)cc1. The van der Waals surface area contributed by atoms with E-state index in [1.165, 1.54) is 0 Å². The van der Waals surface area contributed by atoms with Crippen LogP contribution in [0.5, 0.6) is 0 Å². The van der Waals surface area contributed by atoms with Gasteiger partial charge in [0.1, 0.15) is 5.54 Å². The van der Waals surface area contributed by atoms with Crippen LogP contribution >= 0.6 is 0 Å². The number of aliphatic hydroxyl groups excluding tert-OH is 1. The molecular weight excluding hydrogens is 689 g/mol. The van der Waals surface area contributed by atoms with E-state index in [0.717, 1.165) is 71.5 Å². The largest absolute Gasteiger partial charge is 0.392 e. The highest BCUT2D eigenvalue weighted by Crippen LogP contribution is 2.43. The molecule has 3 N–H and O–H groups in total. The van der Waals surface area contributed by atoms with E-state index in [0.29, 0.717) is 18.8 Å². The number of likely N-dealkylation sites (tertiary alicyclic amines) is 1. The maximum absolute atomic E-state index is 13.3. The molecule has 0 radical (unpaired) electrons. The van der Waals surface area contributed by atoms with Gasteiger partial charge < -0.3 is 35.0 Å². The minimum absolute atomic E-state index is 0.0131. The first-order valence-corrected chi connectivity index (χ1v) is 19.3. The van der Waals surface area contributed by atoms with E-state index in [4.69, 9.17) is 9.47 Å². The molecule has 0 saturated carbocycles. The topological polar surface area (TPSA) is 103 Å². The smallest absolute Gasteiger partial charge is 0.251 e. The predicted molar refractivity (Wildman–Crippen MR) is 213 cm³/mol. The fraction of sp³-hybridized carbons (Fsp3) is 0.304. The number of piperidine rings is 1. The number of carbonyl (C=O) groups excluding carboxylic acids is 2. The molecule has 1 spiro atoms. The summed E-state index contributed by atoms with van der Waals surface area (Å²) in [5.74, 6) is 0.0463. The van der Waals surface area contributed by atoms with Gasteiger partial charge in [0.25, 0.3) is 5.91 Å². The van der Waals surface area contributed by atoms with Gasteiger partial charge in [-0.15, -0.1) is 0 Å². The van der Waals surface area contributed by atoms with Gasteiger partial charge in [-0.05, 0) is 64.9 Å². The minimum atomic E-state index is -0.594. The van der Waals surface area contributed by atoms with E-state index < -0.39 is 11.8 Å². The van der Waals surface area contributed by atoms with Gasteiger partial charge in [-0.1, -0.05) is 116 Å². The van der Waals surface area contributed by atoms with Gasteiger partial charge in [-0.2, -0.15) is 0 Å². The molecule has 4 atom stereocenters. The average Bonchev–Trinajstić information content (AvgIpc) is 3.56. The van der Waals surface area contributed by atoms with Crippen LogP contribution < -0.4 is 15.5 Å². The van der Waals surface area contributed by atoms with E-state index in [1.54, 1.807) is 0 Å². The van der Waals surface area contributed by atoms with Gasteiger partial charge in [-0.25, -0.2) is 0 Å². The van der Waals surface area contributed by atoms with Crippen LogP contribution in [-0.2, 0) is 27.4 Å². The number of para-hydroxylation sites is 1. The summed E-state index contributed by atoms with van der Waals surface area (Å²) in [6.45, 7) is 5.39. The van der Waals surface area contributed by atoms with Crippen LogP contribution in [0.2, 0.25) is 0 Å². The lowest BCUT2D eigenvalue weighted by atomic mass is 9.84. The van der Waals surface area contributed by atoms with Crippen molar-refractivity contribution in [1.29, 1.82) is 0 Å². The third-order valence-corrected chi connectivity index (χ3v) is 11.6. The molecule has 3 saturated heterocycles. The van der Waals surface area contributed by atoms with Crippen molar-refractivity contribution in [3.05, 3.63) is 161 Å². The molecule has 55 heavy (non-hydrogen) atoms. The van der Waals surface area contributed by atoms with E-state index in [2.05, 4.69) is 69.8 Å². The van der Waals surface area contributed by atoms with E-state index in [-0.39, 0.29) is 36.5 Å². The summed E-state index contributed by atoms with van der Waals surface area (Å²) in [6.07, 6.45) is 0.518. The molecule has 0 aromatic heterocycles. The highest BCUT2D eigenvalue weighted by molar-refractivity contribution is 5.94. The Bertz CT molecular complexity index is 2070. The van der Waals surface area contributed by atoms with Crippen LogP contribution in [0.3, 0.4) is 0 Å². The lowest BCUT2D eigenvalue weighted by molar-refractivity contribution is -0.276. The fourth-order valence-electron chi connectivity index (χ4n) is 8.36. The van der Waals surface area contributed by atoms with Gasteiger partial charge in [0, 0.05) is 48.9 Å². The number of nitrogens with zero attached hydrogens (tertiary/aromatic N) is 2. The highest BCUT2D eigenvalue weighted by Gasteiger charge is 2.51. The molecule has 282 valence electrons. The van der Waals surface area contributed by atoms with Crippen LogP contribution in [0.25, 0.3) is 11.1 Å². The van der Waals surface area contributed by atoms with Crippen molar-refractivity contribution in [3.8, 4) is 11.1 Å². The van der Waals surface area contributed by atoms with Crippen LogP contribution in [0.15, 0.2) is 133 Å². The Hall–Kier alpha value is -5.32. The van der Waals surface area contributed by atoms with Gasteiger partial charge in [0.15, 0.2) is 6.29 Å². The summed E-state index contributed by atoms with van der Waals surface area (Å²) in [5.41, 5.74) is 7.08. The maximum atomic E-state index is 13.3. The zero-order valence-electron chi connectivity index (χ0n) is 31.1. The zero-order chi connectivity index (χ0) is 37.8. The first-order valence-electron chi connectivity index (χ1n) is 19.3. The normalized spacial score (nSPS) is 22.4. The van der Waals surface area contributed by atoms with Crippen LogP contribution in [0, 0.1) is 5.92 Å². The monoisotopic (exact) mass is 736 g/mol. The van der Waals surface area contributed by atoms with Crippen molar-refractivity contribution < 1.29 is 24.2 Å². The lowest BCUT2D eigenvalue weighted by Crippen LogP contribution is -2.57.